The summed E-state index contributed by atoms with van der Waals surface area (Å²) in [6.07, 6.45) is 6.14. The normalized spacial score (nSPS) is 20.1. The molecule has 2 atom stereocenters. The van der Waals surface area contributed by atoms with E-state index in [1.807, 2.05) is 0 Å². The molecule has 0 fully saturated rings. The molecule has 0 spiro atoms. The molecule has 176 valence electrons. The lowest BCUT2D eigenvalue weighted by Gasteiger charge is -2.38. The highest BCUT2D eigenvalue weighted by Gasteiger charge is 2.45. The maximum atomic E-state index is 2.61. The van der Waals surface area contributed by atoms with Crippen LogP contribution in [-0.4, -0.2) is 0 Å². The summed E-state index contributed by atoms with van der Waals surface area (Å²) in [5, 5.41) is 0. The first-order valence-corrected chi connectivity index (χ1v) is 13.2. The first-order valence-electron chi connectivity index (χ1n) is 13.2. The maximum absolute atomic E-state index is 2.61. The van der Waals surface area contributed by atoms with E-state index in [9.17, 15) is 0 Å². The van der Waals surface area contributed by atoms with Gasteiger partial charge >= 0.3 is 0 Å². The Morgan fingerprint density at radius 1 is 0.688 bits per heavy atom. The van der Waals surface area contributed by atoms with E-state index in [2.05, 4.69) is 106 Å². The molecular weight excluding hydrogens is 384 g/mol. The standard InChI is InChI=1S/C32H48/c1-11-22(4)20-32(21-23(5)12-2)28-18-24(30(6,7)8)14-16-26(28)27-17-15-25(19-29(27)32)31(9,10)13-3/h14-19,22-23H,11-13,20-21H2,1-10H3. The lowest BCUT2D eigenvalue weighted by molar-refractivity contribution is 0.307. The molecule has 1 aliphatic carbocycles. The first-order chi connectivity index (χ1) is 14.9. The highest BCUT2D eigenvalue weighted by Crippen LogP contribution is 2.56. The Bertz CT molecular complexity index is 925. The Kier molecular flexibility index (Phi) is 7.05. The van der Waals surface area contributed by atoms with Crippen molar-refractivity contribution in [2.75, 3.05) is 0 Å². The largest absolute Gasteiger partial charge is 0.0651 e. The molecule has 0 bridgehead atoms. The minimum atomic E-state index is 0.122. The van der Waals surface area contributed by atoms with Crippen molar-refractivity contribution in [3.63, 3.8) is 0 Å². The van der Waals surface area contributed by atoms with Crippen molar-refractivity contribution in [3.8, 4) is 11.1 Å². The lowest BCUT2D eigenvalue weighted by Crippen LogP contribution is -2.31. The number of benzene rings is 2. The Morgan fingerprint density at radius 2 is 1.12 bits per heavy atom. The zero-order chi connectivity index (χ0) is 23.9. The Morgan fingerprint density at radius 3 is 1.53 bits per heavy atom. The zero-order valence-corrected chi connectivity index (χ0v) is 22.7. The van der Waals surface area contributed by atoms with E-state index in [0.717, 1.165) is 6.42 Å². The van der Waals surface area contributed by atoms with Gasteiger partial charge in [0.15, 0.2) is 0 Å². The van der Waals surface area contributed by atoms with Crippen LogP contribution >= 0.6 is 0 Å². The molecule has 0 N–H and O–H groups in total. The zero-order valence-electron chi connectivity index (χ0n) is 22.7. The molecule has 32 heavy (non-hydrogen) atoms. The molecule has 0 aliphatic heterocycles. The summed E-state index contributed by atoms with van der Waals surface area (Å²) < 4.78 is 0. The van der Waals surface area contributed by atoms with Crippen molar-refractivity contribution in [3.05, 3.63) is 58.7 Å². The second-order valence-corrected chi connectivity index (χ2v) is 12.5. The lowest BCUT2D eigenvalue weighted by atomic mass is 9.65. The molecule has 0 radical (unpaired) electrons. The van der Waals surface area contributed by atoms with Crippen LogP contribution in [0.25, 0.3) is 11.1 Å². The molecular formula is C32H48. The molecule has 0 amide bonds. The van der Waals surface area contributed by atoms with E-state index < -0.39 is 0 Å². The van der Waals surface area contributed by atoms with Crippen molar-refractivity contribution in [2.24, 2.45) is 11.8 Å². The van der Waals surface area contributed by atoms with E-state index in [0.29, 0.717) is 11.8 Å². The Balaban J connectivity index is 2.35. The van der Waals surface area contributed by atoms with Crippen LogP contribution in [-0.2, 0) is 16.2 Å². The predicted molar refractivity (Wildman–Crippen MR) is 143 cm³/mol. The number of hydrogen-bond acceptors (Lipinski definition) is 0. The third-order valence-electron chi connectivity index (χ3n) is 8.68. The first kappa shape index (κ1) is 25.1. The highest BCUT2D eigenvalue weighted by molar-refractivity contribution is 5.82. The van der Waals surface area contributed by atoms with Crippen LogP contribution in [0, 0.1) is 11.8 Å². The van der Waals surface area contributed by atoms with Crippen LogP contribution in [0.5, 0.6) is 0 Å². The smallest absolute Gasteiger partial charge is 0.0220 e. The number of fused-ring (bicyclic) bond motifs is 3. The molecule has 0 aromatic heterocycles. The molecule has 2 aromatic carbocycles. The fraction of sp³-hybridized carbons (Fsp3) is 0.625. The monoisotopic (exact) mass is 432 g/mol. The molecule has 2 unspecified atom stereocenters. The van der Waals surface area contributed by atoms with Gasteiger partial charge < -0.3 is 0 Å². The molecule has 0 heterocycles. The quantitative estimate of drug-likeness (QED) is 0.389. The van der Waals surface area contributed by atoms with Crippen molar-refractivity contribution in [2.45, 2.75) is 118 Å². The van der Waals surface area contributed by atoms with E-state index >= 15 is 0 Å². The van der Waals surface area contributed by atoms with Crippen molar-refractivity contribution >= 4 is 0 Å². The van der Waals surface area contributed by atoms with Gasteiger partial charge in [-0.1, -0.05) is 118 Å². The molecule has 2 aromatic rings. The number of rotatable bonds is 8. The molecule has 0 saturated heterocycles. The van der Waals surface area contributed by atoms with Crippen LogP contribution < -0.4 is 0 Å². The summed E-state index contributed by atoms with van der Waals surface area (Å²) in [5.74, 6) is 1.41. The van der Waals surface area contributed by atoms with Crippen LogP contribution in [0.1, 0.15) is 124 Å². The Labute approximate surface area is 199 Å². The van der Waals surface area contributed by atoms with Gasteiger partial charge in [0.05, 0.1) is 0 Å². The van der Waals surface area contributed by atoms with Crippen molar-refractivity contribution in [1.29, 1.82) is 0 Å². The van der Waals surface area contributed by atoms with Gasteiger partial charge in [-0.15, -0.1) is 0 Å². The molecule has 0 nitrogen and oxygen atoms in total. The highest BCUT2D eigenvalue weighted by atomic mass is 14.5. The fourth-order valence-corrected chi connectivity index (χ4v) is 5.59. The summed E-state index contributed by atoms with van der Waals surface area (Å²) in [6, 6.07) is 14.9. The minimum absolute atomic E-state index is 0.122. The second-order valence-electron chi connectivity index (χ2n) is 12.5. The van der Waals surface area contributed by atoms with Gasteiger partial charge in [0.1, 0.15) is 0 Å². The van der Waals surface area contributed by atoms with Crippen molar-refractivity contribution in [1.82, 2.24) is 0 Å². The second kappa shape index (κ2) is 9.00. The van der Waals surface area contributed by atoms with Crippen LogP contribution in [0.3, 0.4) is 0 Å². The third-order valence-corrected chi connectivity index (χ3v) is 8.68. The topological polar surface area (TPSA) is 0 Å². The molecule has 0 saturated carbocycles. The van der Waals surface area contributed by atoms with Gasteiger partial charge in [-0.2, -0.15) is 0 Å². The summed E-state index contributed by atoms with van der Waals surface area (Å²) in [6.45, 7) is 23.8. The van der Waals surface area contributed by atoms with E-state index in [1.54, 1.807) is 11.1 Å². The van der Waals surface area contributed by atoms with E-state index in [-0.39, 0.29) is 16.2 Å². The van der Waals surface area contributed by atoms with Crippen LogP contribution in [0.15, 0.2) is 36.4 Å². The average molecular weight is 433 g/mol. The minimum Gasteiger partial charge on any atom is -0.0651 e. The molecule has 0 heteroatoms. The summed E-state index contributed by atoms with van der Waals surface area (Å²) in [4.78, 5) is 0. The third kappa shape index (κ3) is 4.44. The van der Waals surface area contributed by atoms with Gasteiger partial charge in [0.25, 0.3) is 0 Å². The van der Waals surface area contributed by atoms with Crippen molar-refractivity contribution < 1.29 is 0 Å². The fourth-order valence-electron chi connectivity index (χ4n) is 5.59. The van der Waals surface area contributed by atoms with Gasteiger partial charge in [-0.25, -0.2) is 0 Å². The van der Waals surface area contributed by atoms with Gasteiger partial charge in [-0.05, 0) is 75.3 Å². The van der Waals surface area contributed by atoms with Crippen LogP contribution in [0.2, 0.25) is 0 Å². The molecule has 1 aliphatic rings. The number of hydrogen-bond donors (Lipinski definition) is 0. The Hall–Kier alpha value is -1.56. The van der Waals surface area contributed by atoms with Gasteiger partial charge in [-0.3, -0.25) is 0 Å². The van der Waals surface area contributed by atoms with Gasteiger partial charge in [0, 0.05) is 5.41 Å². The van der Waals surface area contributed by atoms with E-state index in [1.165, 1.54) is 47.9 Å². The van der Waals surface area contributed by atoms with Crippen LogP contribution in [0.4, 0.5) is 0 Å². The predicted octanol–water partition coefficient (Wildman–Crippen LogP) is 9.81. The average Bonchev–Trinajstić information content (AvgIpc) is 3.01. The maximum Gasteiger partial charge on any atom is 0.0220 e. The SMILES string of the molecule is CCC(C)CC1(CC(C)CC)c2cc(C(C)(C)C)ccc2-c2ccc(C(C)(C)CC)cc21. The molecule has 3 rings (SSSR count). The van der Waals surface area contributed by atoms with Gasteiger partial charge in [0.2, 0.25) is 0 Å². The summed E-state index contributed by atoms with van der Waals surface area (Å²) in [7, 11) is 0. The summed E-state index contributed by atoms with van der Waals surface area (Å²) in [5.41, 5.74) is 9.65. The van der Waals surface area contributed by atoms with E-state index in [4.69, 9.17) is 0 Å². The summed E-state index contributed by atoms with van der Waals surface area (Å²) >= 11 is 0.